The molecule has 0 spiro atoms. The minimum absolute atomic E-state index is 0.0507. The molecule has 0 aliphatic heterocycles. The summed E-state index contributed by atoms with van der Waals surface area (Å²) < 4.78 is 32.3. The number of carbonyl (C=O) groups is 2. The summed E-state index contributed by atoms with van der Waals surface area (Å²) in [4.78, 5) is 26.8. The Kier molecular flexibility index (Phi) is 7.92. The number of ether oxygens (including phenoxy) is 1. The second kappa shape index (κ2) is 10.2. The highest BCUT2D eigenvalue weighted by molar-refractivity contribution is 7.89. The maximum atomic E-state index is 12.8. The molecule has 0 radical (unpaired) electrons. The first-order chi connectivity index (χ1) is 13.8. The minimum atomic E-state index is -3.86. The number of hydrogen-bond acceptors (Lipinski definition) is 5. The van der Waals surface area contributed by atoms with Crippen molar-refractivity contribution in [2.24, 2.45) is 0 Å². The highest BCUT2D eigenvalue weighted by atomic mass is 32.2. The molecule has 0 fully saturated rings. The van der Waals surface area contributed by atoms with E-state index in [2.05, 4.69) is 4.72 Å². The van der Waals surface area contributed by atoms with Crippen LogP contribution >= 0.6 is 0 Å². The molecular formula is C21H26N2O5S. The molecule has 1 N–H and O–H groups in total. The van der Waals surface area contributed by atoms with Crippen LogP contribution in [-0.2, 0) is 24.3 Å². The molecular weight excluding hydrogens is 392 g/mol. The van der Waals surface area contributed by atoms with Crippen molar-refractivity contribution in [3.8, 4) is 0 Å². The van der Waals surface area contributed by atoms with E-state index < -0.39 is 28.6 Å². The molecule has 7 nitrogen and oxygen atoms in total. The molecule has 0 heterocycles. The Morgan fingerprint density at radius 3 is 2.14 bits per heavy atom. The van der Waals surface area contributed by atoms with E-state index in [-0.39, 0.29) is 10.8 Å². The monoisotopic (exact) mass is 418 g/mol. The summed E-state index contributed by atoms with van der Waals surface area (Å²) in [7, 11) is -3.86. The first kappa shape index (κ1) is 22.6. The quantitative estimate of drug-likeness (QED) is 0.632. The lowest BCUT2D eigenvalue weighted by Crippen LogP contribution is -2.38. The Balaban J connectivity index is 2.11. The van der Waals surface area contributed by atoms with Crippen molar-refractivity contribution >= 4 is 21.9 Å². The predicted molar refractivity (Wildman–Crippen MR) is 110 cm³/mol. The van der Waals surface area contributed by atoms with Gasteiger partial charge in [-0.1, -0.05) is 48.0 Å². The smallest absolute Gasteiger partial charge is 0.322 e. The van der Waals surface area contributed by atoms with Gasteiger partial charge < -0.3 is 9.64 Å². The van der Waals surface area contributed by atoms with Gasteiger partial charge in [0.05, 0.1) is 4.90 Å². The van der Waals surface area contributed by atoms with E-state index in [1.807, 2.05) is 20.8 Å². The molecule has 156 valence electrons. The number of sulfonamides is 1. The molecule has 29 heavy (non-hydrogen) atoms. The van der Waals surface area contributed by atoms with Crippen LogP contribution < -0.4 is 4.72 Å². The first-order valence-corrected chi connectivity index (χ1v) is 10.9. The SMILES string of the molecule is CCN(CC)C(=O)[C@H](OC(=O)CNS(=O)(=O)c1ccc(C)cc1)c1ccccc1. The van der Waals surface area contributed by atoms with Crippen molar-refractivity contribution in [2.75, 3.05) is 19.6 Å². The fourth-order valence-electron chi connectivity index (χ4n) is 2.72. The lowest BCUT2D eigenvalue weighted by molar-refractivity contribution is -0.159. The molecule has 1 atom stereocenters. The number of benzene rings is 2. The highest BCUT2D eigenvalue weighted by Crippen LogP contribution is 2.20. The number of hydrogen-bond donors (Lipinski definition) is 1. The van der Waals surface area contributed by atoms with Gasteiger partial charge in [0.2, 0.25) is 16.1 Å². The fraction of sp³-hybridized carbons (Fsp3) is 0.333. The molecule has 0 saturated heterocycles. The number of nitrogens with zero attached hydrogens (tertiary/aromatic N) is 1. The van der Waals surface area contributed by atoms with Crippen LogP contribution in [0.4, 0.5) is 0 Å². The number of likely N-dealkylation sites (N-methyl/N-ethyl adjacent to an activating group) is 1. The fourth-order valence-corrected chi connectivity index (χ4v) is 3.69. The highest BCUT2D eigenvalue weighted by Gasteiger charge is 2.28. The zero-order valence-corrected chi connectivity index (χ0v) is 17.6. The summed E-state index contributed by atoms with van der Waals surface area (Å²) in [6, 6.07) is 14.9. The maximum Gasteiger partial charge on any atom is 0.322 e. The largest absolute Gasteiger partial charge is 0.446 e. The topological polar surface area (TPSA) is 92.8 Å². The van der Waals surface area contributed by atoms with E-state index >= 15 is 0 Å². The molecule has 0 aliphatic carbocycles. The Morgan fingerprint density at radius 1 is 1.00 bits per heavy atom. The second-order valence-electron chi connectivity index (χ2n) is 6.43. The minimum Gasteiger partial charge on any atom is -0.446 e. The summed E-state index contributed by atoms with van der Waals surface area (Å²) in [6.45, 7) is 5.87. The summed E-state index contributed by atoms with van der Waals surface area (Å²) in [5.74, 6) is -1.19. The molecule has 1 amide bonds. The van der Waals surface area contributed by atoms with Crippen LogP contribution in [0.5, 0.6) is 0 Å². The molecule has 2 aromatic rings. The van der Waals surface area contributed by atoms with E-state index in [4.69, 9.17) is 4.74 Å². The van der Waals surface area contributed by atoms with Gasteiger partial charge in [0.25, 0.3) is 5.91 Å². The molecule has 0 bridgehead atoms. The van der Waals surface area contributed by atoms with E-state index in [1.165, 1.54) is 12.1 Å². The van der Waals surface area contributed by atoms with Crippen molar-refractivity contribution in [3.05, 3.63) is 65.7 Å². The average molecular weight is 419 g/mol. The van der Waals surface area contributed by atoms with Gasteiger partial charge >= 0.3 is 5.97 Å². The number of amides is 1. The number of aryl methyl sites for hydroxylation is 1. The van der Waals surface area contributed by atoms with Crippen LogP contribution in [-0.4, -0.2) is 44.8 Å². The molecule has 2 aromatic carbocycles. The van der Waals surface area contributed by atoms with Crippen LogP contribution in [0, 0.1) is 6.92 Å². The van der Waals surface area contributed by atoms with E-state index in [0.717, 1.165) is 5.56 Å². The zero-order chi connectivity index (χ0) is 21.4. The Labute approximate surface area is 171 Å². The van der Waals surface area contributed by atoms with Gasteiger partial charge in [-0.3, -0.25) is 9.59 Å². The summed E-state index contributed by atoms with van der Waals surface area (Å²) >= 11 is 0. The van der Waals surface area contributed by atoms with Crippen LogP contribution in [0.25, 0.3) is 0 Å². The molecule has 8 heteroatoms. The number of carbonyl (C=O) groups excluding carboxylic acids is 2. The van der Waals surface area contributed by atoms with Crippen LogP contribution in [0.15, 0.2) is 59.5 Å². The normalized spacial score (nSPS) is 12.2. The lowest BCUT2D eigenvalue weighted by Gasteiger charge is -2.25. The van der Waals surface area contributed by atoms with Gasteiger partial charge in [0, 0.05) is 18.7 Å². The van der Waals surface area contributed by atoms with E-state index in [0.29, 0.717) is 18.7 Å². The summed E-state index contributed by atoms with van der Waals surface area (Å²) in [6.07, 6.45) is -1.13. The first-order valence-electron chi connectivity index (χ1n) is 9.38. The predicted octanol–water partition coefficient (Wildman–Crippen LogP) is 2.43. The van der Waals surface area contributed by atoms with Crippen molar-refractivity contribution in [1.29, 1.82) is 0 Å². The number of rotatable bonds is 9. The van der Waals surface area contributed by atoms with Crippen molar-refractivity contribution in [2.45, 2.75) is 31.8 Å². The van der Waals surface area contributed by atoms with Crippen molar-refractivity contribution in [1.82, 2.24) is 9.62 Å². The lowest BCUT2D eigenvalue weighted by atomic mass is 10.1. The van der Waals surface area contributed by atoms with E-state index in [9.17, 15) is 18.0 Å². The molecule has 2 rings (SSSR count). The standard InChI is InChI=1S/C21H26N2O5S/c1-4-23(5-2)21(25)20(17-9-7-6-8-10-17)28-19(24)15-22-29(26,27)18-13-11-16(3)12-14-18/h6-14,20,22H,4-5,15H2,1-3H3/t20-/m1/s1. The van der Waals surface area contributed by atoms with Gasteiger partial charge in [-0.25, -0.2) is 8.42 Å². The molecule has 0 aromatic heterocycles. The summed E-state index contributed by atoms with van der Waals surface area (Å²) in [5, 5.41) is 0. The van der Waals surface area contributed by atoms with Crippen LogP contribution in [0.2, 0.25) is 0 Å². The Morgan fingerprint density at radius 2 is 1.59 bits per heavy atom. The maximum absolute atomic E-state index is 12.8. The van der Waals surface area contributed by atoms with Gasteiger partial charge in [-0.15, -0.1) is 0 Å². The third kappa shape index (κ3) is 6.13. The number of esters is 1. The van der Waals surface area contributed by atoms with Crippen LogP contribution in [0.3, 0.4) is 0 Å². The molecule has 0 saturated carbocycles. The summed E-state index contributed by atoms with van der Waals surface area (Å²) in [5.41, 5.74) is 1.45. The van der Waals surface area contributed by atoms with Gasteiger partial charge in [-0.05, 0) is 32.9 Å². The van der Waals surface area contributed by atoms with Gasteiger partial charge in [-0.2, -0.15) is 4.72 Å². The second-order valence-corrected chi connectivity index (χ2v) is 8.20. The Bertz CT molecular complexity index is 923. The zero-order valence-electron chi connectivity index (χ0n) is 16.8. The van der Waals surface area contributed by atoms with Gasteiger partial charge in [0.15, 0.2) is 0 Å². The Hall–Kier alpha value is -2.71. The van der Waals surface area contributed by atoms with Crippen molar-refractivity contribution < 1.29 is 22.7 Å². The third-order valence-electron chi connectivity index (χ3n) is 4.39. The van der Waals surface area contributed by atoms with Crippen LogP contribution in [0.1, 0.15) is 31.1 Å². The molecule has 0 aliphatic rings. The van der Waals surface area contributed by atoms with E-state index in [1.54, 1.807) is 47.4 Å². The van der Waals surface area contributed by atoms with Crippen molar-refractivity contribution in [3.63, 3.8) is 0 Å². The van der Waals surface area contributed by atoms with Gasteiger partial charge in [0.1, 0.15) is 6.54 Å². The molecule has 0 unspecified atom stereocenters. The number of nitrogens with one attached hydrogen (secondary N) is 1. The third-order valence-corrected chi connectivity index (χ3v) is 5.81. The average Bonchev–Trinajstić information content (AvgIpc) is 2.72.